The molecule has 138 valence electrons. The Morgan fingerprint density at radius 2 is 1.62 bits per heavy atom. The Labute approximate surface area is 152 Å². The van der Waals surface area contributed by atoms with Crippen LogP contribution in [-0.4, -0.2) is 61.9 Å². The molecule has 1 aliphatic rings. The van der Waals surface area contributed by atoms with Crippen LogP contribution in [0.15, 0.2) is 53.4 Å². The molecule has 2 aromatic carbocycles. The summed E-state index contributed by atoms with van der Waals surface area (Å²) in [6, 6.07) is 12.6. The summed E-state index contributed by atoms with van der Waals surface area (Å²) in [7, 11) is -2.10. The number of benzene rings is 2. The zero-order valence-corrected chi connectivity index (χ0v) is 15.1. The molecule has 1 heterocycles. The van der Waals surface area contributed by atoms with E-state index in [1.54, 1.807) is 35.2 Å². The van der Waals surface area contributed by atoms with Crippen LogP contribution in [0.5, 0.6) is 11.5 Å². The molecule has 1 N–H and O–H groups in total. The van der Waals surface area contributed by atoms with Gasteiger partial charge in [-0.3, -0.25) is 4.79 Å². The van der Waals surface area contributed by atoms with Crippen LogP contribution < -0.4 is 4.74 Å². The van der Waals surface area contributed by atoms with Crippen LogP contribution in [-0.2, 0) is 10.0 Å². The highest BCUT2D eigenvalue weighted by atomic mass is 32.2. The van der Waals surface area contributed by atoms with Crippen molar-refractivity contribution in [1.29, 1.82) is 0 Å². The first-order valence-electron chi connectivity index (χ1n) is 8.15. The van der Waals surface area contributed by atoms with Crippen molar-refractivity contribution in [2.24, 2.45) is 0 Å². The zero-order valence-electron chi connectivity index (χ0n) is 14.3. The van der Waals surface area contributed by atoms with Gasteiger partial charge in [-0.25, -0.2) is 8.42 Å². The van der Waals surface area contributed by atoms with Gasteiger partial charge in [0.15, 0.2) is 0 Å². The van der Waals surface area contributed by atoms with Crippen LogP contribution in [0, 0.1) is 0 Å². The predicted octanol–water partition coefficient (Wildman–Crippen LogP) is 1.55. The highest BCUT2D eigenvalue weighted by molar-refractivity contribution is 7.89. The number of carbonyl (C=O) groups excluding carboxylic acids is 1. The molecule has 0 spiro atoms. The fraction of sp³-hybridized carbons (Fsp3) is 0.278. The Morgan fingerprint density at radius 1 is 1.00 bits per heavy atom. The first-order valence-corrected chi connectivity index (χ1v) is 9.59. The lowest BCUT2D eigenvalue weighted by Crippen LogP contribution is -2.50. The summed E-state index contributed by atoms with van der Waals surface area (Å²) in [5.41, 5.74) is 0.221. The molecule has 7 nitrogen and oxygen atoms in total. The third-order valence-corrected chi connectivity index (χ3v) is 6.27. The van der Waals surface area contributed by atoms with Gasteiger partial charge in [-0.2, -0.15) is 4.31 Å². The molecule has 0 aliphatic carbocycles. The number of hydrogen-bond acceptors (Lipinski definition) is 5. The Hall–Kier alpha value is -2.58. The average molecular weight is 376 g/mol. The minimum atomic E-state index is -3.62. The number of aromatic hydroxyl groups is 1. The smallest absolute Gasteiger partial charge is 0.257 e. The van der Waals surface area contributed by atoms with Crippen LogP contribution in [0.25, 0.3) is 0 Å². The maximum absolute atomic E-state index is 12.7. The third kappa shape index (κ3) is 3.51. The first-order chi connectivity index (χ1) is 12.4. The minimum Gasteiger partial charge on any atom is -0.507 e. The Balaban J connectivity index is 1.69. The number of hydrogen-bond donors (Lipinski definition) is 1. The summed E-state index contributed by atoms with van der Waals surface area (Å²) in [5, 5.41) is 9.82. The van der Waals surface area contributed by atoms with Gasteiger partial charge in [0, 0.05) is 26.2 Å². The fourth-order valence-electron chi connectivity index (χ4n) is 2.85. The standard InChI is InChI=1S/C18H20N2O5S/c1-25-14-6-8-15(9-7-14)26(23,24)20-12-10-19(11-13-20)18(22)16-4-2-3-5-17(16)21/h2-9,21H,10-13H2,1H3. The van der Waals surface area contributed by atoms with Gasteiger partial charge in [0.05, 0.1) is 17.6 Å². The molecule has 1 amide bonds. The average Bonchev–Trinajstić information content (AvgIpc) is 2.68. The zero-order chi connectivity index (χ0) is 18.7. The van der Waals surface area contributed by atoms with E-state index in [1.807, 2.05) is 0 Å². The van der Waals surface area contributed by atoms with Gasteiger partial charge >= 0.3 is 0 Å². The van der Waals surface area contributed by atoms with Crippen molar-refractivity contribution in [3.05, 3.63) is 54.1 Å². The lowest BCUT2D eigenvalue weighted by molar-refractivity contribution is 0.0695. The van der Waals surface area contributed by atoms with Crippen LogP contribution in [0.2, 0.25) is 0 Å². The van der Waals surface area contributed by atoms with Crippen molar-refractivity contribution >= 4 is 15.9 Å². The summed E-state index contributed by atoms with van der Waals surface area (Å²) < 4.78 is 31.9. The maximum atomic E-state index is 12.7. The van der Waals surface area contributed by atoms with Crippen molar-refractivity contribution in [3.8, 4) is 11.5 Å². The fourth-order valence-corrected chi connectivity index (χ4v) is 4.28. The van der Waals surface area contributed by atoms with E-state index in [4.69, 9.17) is 4.74 Å². The number of para-hydroxylation sites is 1. The number of rotatable bonds is 4. The quantitative estimate of drug-likeness (QED) is 0.875. The number of piperazine rings is 1. The second-order valence-electron chi connectivity index (χ2n) is 5.89. The van der Waals surface area contributed by atoms with E-state index in [-0.39, 0.29) is 48.3 Å². The summed E-state index contributed by atoms with van der Waals surface area (Å²) in [4.78, 5) is 14.2. The van der Waals surface area contributed by atoms with E-state index >= 15 is 0 Å². The lowest BCUT2D eigenvalue weighted by Gasteiger charge is -2.34. The van der Waals surface area contributed by atoms with Crippen molar-refractivity contribution < 1.29 is 23.1 Å². The molecule has 0 saturated carbocycles. The van der Waals surface area contributed by atoms with E-state index in [1.165, 1.54) is 29.6 Å². The summed E-state index contributed by atoms with van der Waals surface area (Å²) in [6.45, 7) is 0.937. The molecule has 2 aromatic rings. The minimum absolute atomic E-state index is 0.0780. The summed E-state index contributed by atoms with van der Waals surface area (Å²) >= 11 is 0. The molecule has 8 heteroatoms. The Bertz CT molecular complexity index is 888. The largest absolute Gasteiger partial charge is 0.507 e. The topological polar surface area (TPSA) is 87.2 Å². The highest BCUT2D eigenvalue weighted by Crippen LogP contribution is 2.22. The third-order valence-electron chi connectivity index (χ3n) is 4.36. The second kappa shape index (κ2) is 7.35. The van der Waals surface area contributed by atoms with Gasteiger partial charge in [-0.1, -0.05) is 12.1 Å². The van der Waals surface area contributed by atoms with Gasteiger partial charge < -0.3 is 14.7 Å². The van der Waals surface area contributed by atoms with E-state index < -0.39 is 10.0 Å². The van der Waals surface area contributed by atoms with E-state index in [2.05, 4.69) is 0 Å². The van der Waals surface area contributed by atoms with Crippen molar-refractivity contribution in [3.63, 3.8) is 0 Å². The number of amides is 1. The van der Waals surface area contributed by atoms with Crippen LogP contribution in [0.4, 0.5) is 0 Å². The van der Waals surface area contributed by atoms with Gasteiger partial charge in [0.1, 0.15) is 11.5 Å². The molecule has 1 fully saturated rings. The molecule has 0 radical (unpaired) electrons. The Morgan fingerprint density at radius 3 is 2.19 bits per heavy atom. The van der Waals surface area contributed by atoms with Gasteiger partial charge in [-0.05, 0) is 36.4 Å². The molecule has 0 aromatic heterocycles. The molecule has 1 aliphatic heterocycles. The van der Waals surface area contributed by atoms with Crippen molar-refractivity contribution in [2.45, 2.75) is 4.90 Å². The molecule has 0 bridgehead atoms. The lowest BCUT2D eigenvalue weighted by atomic mass is 10.1. The van der Waals surface area contributed by atoms with Gasteiger partial charge in [0.25, 0.3) is 5.91 Å². The summed E-state index contributed by atoms with van der Waals surface area (Å²) in [6.07, 6.45) is 0. The maximum Gasteiger partial charge on any atom is 0.257 e. The predicted molar refractivity (Wildman–Crippen MR) is 95.8 cm³/mol. The number of phenolic OH excluding ortho intramolecular Hbond substituents is 1. The number of methoxy groups -OCH3 is 1. The molecular formula is C18H20N2O5S. The number of phenols is 1. The normalized spacial score (nSPS) is 15.7. The number of carbonyl (C=O) groups is 1. The first kappa shape index (κ1) is 18.2. The molecule has 26 heavy (non-hydrogen) atoms. The van der Waals surface area contributed by atoms with Crippen LogP contribution in [0.1, 0.15) is 10.4 Å². The van der Waals surface area contributed by atoms with E-state index in [9.17, 15) is 18.3 Å². The van der Waals surface area contributed by atoms with E-state index in [0.29, 0.717) is 5.75 Å². The van der Waals surface area contributed by atoms with Crippen LogP contribution >= 0.6 is 0 Å². The van der Waals surface area contributed by atoms with Gasteiger partial charge in [0.2, 0.25) is 10.0 Å². The van der Waals surface area contributed by atoms with Gasteiger partial charge in [-0.15, -0.1) is 0 Å². The highest BCUT2D eigenvalue weighted by Gasteiger charge is 2.31. The van der Waals surface area contributed by atoms with E-state index in [0.717, 1.165) is 0 Å². The molecule has 3 rings (SSSR count). The number of nitrogens with zero attached hydrogens (tertiary/aromatic N) is 2. The number of ether oxygens (including phenoxy) is 1. The SMILES string of the molecule is COc1ccc(S(=O)(=O)N2CCN(C(=O)c3ccccc3O)CC2)cc1. The summed E-state index contributed by atoms with van der Waals surface area (Å²) in [5.74, 6) is 0.206. The van der Waals surface area contributed by atoms with Crippen molar-refractivity contribution in [2.75, 3.05) is 33.3 Å². The van der Waals surface area contributed by atoms with Crippen molar-refractivity contribution in [1.82, 2.24) is 9.21 Å². The monoisotopic (exact) mass is 376 g/mol. The molecule has 0 unspecified atom stereocenters. The molecule has 1 saturated heterocycles. The number of sulfonamides is 1. The second-order valence-corrected chi connectivity index (χ2v) is 7.83. The Kier molecular flexibility index (Phi) is 5.15. The molecular weight excluding hydrogens is 356 g/mol. The molecule has 0 atom stereocenters. The van der Waals surface area contributed by atoms with Crippen LogP contribution in [0.3, 0.4) is 0 Å².